The molecule has 1 amide bonds. The Morgan fingerprint density at radius 2 is 1.96 bits per heavy atom. The van der Waals surface area contributed by atoms with Crippen molar-refractivity contribution in [3.05, 3.63) is 59.9 Å². The molecule has 0 spiro atoms. The minimum absolute atomic E-state index is 0.146. The largest absolute Gasteiger partial charge is 0.416 e. The predicted octanol–water partition coefficient (Wildman–Crippen LogP) is 3.78. The van der Waals surface area contributed by atoms with Gasteiger partial charge >= 0.3 is 6.18 Å². The molecular weight excluding hydrogens is 319 g/mol. The molecule has 0 bridgehead atoms. The van der Waals surface area contributed by atoms with Crippen LogP contribution in [0.3, 0.4) is 0 Å². The fourth-order valence-electron chi connectivity index (χ4n) is 2.31. The number of carbonyl (C=O) groups is 1. The van der Waals surface area contributed by atoms with Crippen LogP contribution in [0.2, 0.25) is 0 Å². The summed E-state index contributed by atoms with van der Waals surface area (Å²) >= 11 is 0. The zero-order chi connectivity index (χ0) is 17.6. The van der Waals surface area contributed by atoms with E-state index in [0.29, 0.717) is 5.69 Å². The molecule has 1 heterocycles. The highest BCUT2D eigenvalue weighted by molar-refractivity contribution is 5.90. The van der Waals surface area contributed by atoms with E-state index in [4.69, 9.17) is 0 Å². The SMILES string of the molecule is CC(NCCC(=O)Nc1cccnc1)c1ccccc1C(F)(F)F. The number of hydrogen-bond donors (Lipinski definition) is 2. The second-order valence-electron chi connectivity index (χ2n) is 5.30. The van der Waals surface area contributed by atoms with Crippen molar-refractivity contribution in [3.8, 4) is 0 Å². The number of halogens is 3. The van der Waals surface area contributed by atoms with Crippen LogP contribution in [-0.2, 0) is 11.0 Å². The van der Waals surface area contributed by atoms with Gasteiger partial charge in [-0.05, 0) is 30.7 Å². The monoisotopic (exact) mass is 337 g/mol. The number of amides is 1. The lowest BCUT2D eigenvalue weighted by molar-refractivity contribution is -0.138. The average Bonchev–Trinajstić information content (AvgIpc) is 2.55. The molecule has 0 aliphatic rings. The van der Waals surface area contributed by atoms with Gasteiger partial charge in [0.1, 0.15) is 0 Å². The zero-order valence-corrected chi connectivity index (χ0v) is 13.1. The van der Waals surface area contributed by atoms with E-state index in [2.05, 4.69) is 15.6 Å². The highest BCUT2D eigenvalue weighted by atomic mass is 19.4. The lowest BCUT2D eigenvalue weighted by atomic mass is 10.0. The fourth-order valence-corrected chi connectivity index (χ4v) is 2.31. The quantitative estimate of drug-likeness (QED) is 0.843. The summed E-state index contributed by atoms with van der Waals surface area (Å²) in [5.74, 6) is -0.230. The first-order chi connectivity index (χ1) is 11.4. The van der Waals surface area contributed by atoms with E-state index in [1.807, 2.05) is 0 Å². The van der Waals surface area contributed by atoms with E-state index in [1.165, 1.54) is 18.3 Å². The number of aromatic nitrogens is 1. The van der Waals surface area contributed by atoms with Gasteiger partial charge in [-0.15, -0.1) is 0 Å². The molecule has 2 aromatic rings. The van der Waals surface area contributed by atoms with Crippen molar-refractivity contribution in [1.82, 2.24) is 10.3 Å². The van der Waals surface area contributed by atoms with E-state index in [9.17, 15) is 18.0 Å². The van der Waals surface area contributed by atoms with E-state index in [0.717, 1.165) is 6.07 Å². The van der Waals surface area contributed by atoms with E-state index < -0.39 is 17.8 Å². The van der Waals surface area contributed by atoms with Crippen LogP contribution >= 0.6 is 0 Å². The second-order valence-corrected chi connectivity index (χ2v) is 5.30. The number of benzene rings is 1. The first kappa shape index (κ1) is 17.9. The summed E-state index contributed by atoms with van der Waals surface area (Å²) in [6.07, 6.45) is -1.14. The Morgan fingerprint density at radius 3 is 2.62 bits per heavy atom. The molecule has 2 rings (SSSR count). The van der Waals surface area contributed by atoms with Crippen molar-refractivity contribution in [2.45, 2.75) is 25.6 Å². The molecule has 0 aliphatic carbocycles. The van der Waals surface area contributed by atoms with Crippen LogP contribution in [0.15, 0.2) is 48.8 Å². The molecule has 0 aliphatic heterocycles. The van der Waals surface area contributed by atoms with Crippen molar-refractivity contribution in [1.29, 1.82) is 0 Å². The van der Waals surface area contributed by atoms with E-state index >= 15 is 0 Å². The topological polar surface area (TPSA) is 54.0 Å². The Kier molecular flexibility index (Phi) is 5.92. The molecule has 2 N–H and O–H groups in total. The number of rotatable bonds is 6. The maximum Gasteiger partial charge on any atom is 0.416 e. The molecular formula is C17H18F3N3O. The van der Waals surface area contributed by atoms with Gasteiger partial charge in [-0.2, -0.15) is 13.2 Å². The summed E-state index contributed by atoms with van der Waals surface area (Å²) in [6, 6.07) is 8.32. The summed E-state index contributed by atoms with van der Waals surface area (Å²) in [4.78, 5) is 15.7. The smallest absolute Gasteiger partial charge is 0.325 e. The van der Waals surface area contributed by atoms with Gasteiger partial charge in [-0.1, -0.05) is 18.2 Å². The van der Waals surface area contributed by atoms with Crippen LogP contribution < -0.4 is 10.6 Å². The molecule has 1 aromatic heterocycles. The predicted molar refractivity (Wildman–Crippen MR) is 85.3 cm³/mol. The van der Waals surface area contributed by atoms with Crippen LogP contribution in [0.1, 0.15) is 30.5 Å². The van der Waals surface area contributed by atoms with E-state index in [-0.39, 0.29) is 24.4 Å². The Labute approximate surface area is 138 Å². The number of carbonyl (C=O) groups excluding carboxylic acids is 1. The minimum Gasteiger partial charge on any atom is -0.325 e. The van der Waals surface area contributed by atoms with Crippen molar-refractivity contribution in [2.24, 2.45) is 0 Å². The Balaban J connectivity index is 1.88. The standard InChI is InChI=1S/C17H18F3N3O/c1-12(14-6-2-3-7-15(14)17(18,19)20)22-10-8-16(24)23-13-5-4-9-21-11-13/h2-7,9,11-12,22H,8,10H2,1H3,(H,23,24). The van der Waals surface area contributed by atoms with Gasteiger partial charge in [0.05, 0.1) is 17.4 Å². The normalized spacial score (nSPS) is 12.7. The molecule has 0 fully saturated rings. The maximum atomic E-state index is 13.0. The molecule has 4 nitrogen and oxygen atoms in total. The number of pyridine rings is 1. The van der Waals surface area contributed by atoms with Gasteiger partial charge in [0.25, 0.3) is 0 Å². The van der Waals surface area contributed by atoms with Gasteiger partial charge in [0, 0.05) is 25.2 Å². The van der Waals surface area contributed by atoms with Crippen molar-refractivity contribution in [3.63, 3.8) is 0 Å². The highest BCUT2D eigenvalue weighted by Gasteiger charge is 2.33. The van der Waals surface area contributed by atoms with Crippen molar-refractivity contribution < 1.29 is 18.0 Å². The van der Waals surface area contributed by atoms with Gasteiger partial charge in [-0.3, -0.25) is 9.78 Å². The molecule has 1 aromatic carbocycles. The van der Waals surface area contributed by atoms with Crippen LogP contribution in [0.5, 0.6) is 0 Å². The number of alkyl halides is 3. The summed E-state index contributed by atoms with van der Waals surface area (Å²) in [5, 5.41) is 5.62. The van der Waals surface area contributed by atoms with Crippen LogP contribution in [0.25, 0.3) is 0 Å². The first-order valence-corrected chi connectivity index (χ1v) is 7.47. The maximum absolute atomic E-state index is 13.0. The molecule has 1 atom stereocenters. The minimum atomic E-state index is -4.40. The number of hydrogen-bond acceptors (Lipinski definition) is 3. The second kappa shape index (κ2) is 7.92. The molecule has 128 valence electrons. The fraction of sp³-hybridized carbons (Fsp3) is 0.294. The van der Waals surface area contributed by atoms with Gasteiger partial charge < -0.3 is 10.6 Å². The summed E-state index contributed by atoms with van der Waals surface area (Å²) < 4.78 is 39.0. The Morgan fingerprint density at radius 1 is 1.21 bits per heavy atom. The third-order valence-electron chi connectivity index (χ3n) is 3.48. The summed E-state index contributed by atoms with van der Waals surface area (Å²) in [7, 11) is 0. The molecule has 24 heavy (non-hydrogen) atoms. The summed E-state index contributed by atoms with van der Waals surface area (Å²) in [6.45, 7) is 1.91. The van der Waals surface area contributed by atoms with Crippen molar-refractivity contribution >= 4 is 11.6 Å². The number of nitrogens with one attached hydrogen (secondary N) is 2. The highest BCUT2D eigenvalue weighted by Crippen LogP contribution is 2.34. The Bertz CT molecular complexity index is 674. The molecule has 7 heteroatoms. The van der Waals surface area contributed by atoms with Gasteiger partial charge in [0.2, 0.25) is 5.91 Å². The first-order valence-electron chi connectivity index (χ1n) is 7.47. The number of nitrogens with zero attached hydrogens (tertiary/aromatic N) is 1. The molecule has 0 saturated carbocycles. The van der Waals surface area contributed by atoms with Crippen molar-refractivity contribution in [2.75, 3.05) is 11.9 Å². The van der Waals surface area contributed by atoms with Crippen LogP contribution in [0, 0.1) is 0 Å². The molecule has 0 saturated heterocycles. The third-order valence-corrected chi connectivity index (χ3v) is 3.48. The lowest BCUT2D eigenvalue weighted by Gasteiger charge is -2.19. The number of anilines is 1. The average molecular weight is 337 g/mol. The van der Waals surface area contributed by atoms with E-state index in [1.54, 1.807) is 31.3 Å². The molecule has 0 radical (unpaired) electrons. The zero-order valence-electron chi connectivity index (χ0n) is 13.1. The lowest BCUT2D eigenvalue weighted by Crippen LogP contribution is -2.26. The molecule has 1 unspecified atom stereocenters. The van der Waals surface area contributed by atoms with Gasteiger partial charge in [0.15, 0.2) is 0 Å². The Hall–Kier alpha value is -2.41. The third kappa shape index (κ3) is 5.06. The van der Waals surface area contributed by atoms with Crippen LogP contribution in [-0.4, -0.2) is 17.4 Å². The van der Waals surface area contributed by atoms with Gasteiger partial charge in [-0.25, -0.2) is 0 Å². The van der Waals surface area contributed by atoms with Crippen LogP contribution in [0.4, 0.5) is 18.9 Å². The summed E-state index contributed by atoms with van der Waals surface area (Å²) in [5.41, 5.74) is 0.0837.